The van der Waals surface area contributed by atoms with Crippen LogP contribution in [0, 0.1) is 11.8 Å². The predicted octanol–water partition coefficient (Wildman–Crippen LogP) is 2.82. The number of nitrogens with zero attached hydrogens (tertiary/aromatic N) is 2. The molecule has 2 atom stereocenters. The van der Waals surface area contributed by atoms with Crippen LogP contribution in [-0.4, -0.2) is 55.0 Å². The Bertz CT molecular complexity index is 1430. The summed E-state index contributed by atoms with van der Waals surface area (Å²) in [7, 11) is -3.11. The lowest BCUT2D eigenvalue weighted by Gasteiger charge is -2.16. The van der Waals surface area contributed by atoms with Gasteiger partial charge in [0, 0.05) is 23.3 Å². The summed E-state index contributed by atoms with van der Waals surface area (Å²) in [5.41, 5.74) is 1.64. The molecule has 0 fully saturated rings. The number of rotatable bonds is 8. The molecule has 11 heteroatoms. The molecule has 10 nitrogen and oxygen atoms in total. The minimum absolute atomic E-state index is 0.110. The van der Waals surface area contributed by atoms with Crippen LogP contribution >= 0.6 is 0 Å². The molecule has 0 spiro atoms. The number of aliphatic hydroxyl groups excluding tert-OH is 1. The lowest BCUT2D eigenvalue weighted by Crippen LogP contribution is -2.42. The molecule has 0 radical (unpaired) electrons. The SMILES string of the molecule is C=S(=O)(NC(=O)NC(C)C)c1cccc(Nc2ncc(C#Cc3cccc(O)c3)c(N[C@H](C)CO)n2)c1. The number of carbonyl (C=O) groups is 1. The maximum atomic E-state index is 13.0. The summed E-state index contributed by atoms with van der Waals surface area (Å²) in [5.74, 6) is 10.4. The second kappa shape index (κ2) is 12.1. The fraction of sp³-hybridized carbons (Fsp3) is 0.231. The maximum absolute atomic E-state index is 13.0. The van der Waals surface area contributed by atoms with Crippen molar-refractivity contribution in [3.63, 3.8) is 0 Å². The average Bonchev–Trinajstić information content (AvgIpc) is 2.83. The molecule has 0 aliphatic heterocycles. The van der Waals surface area contributed by atoms with Gasteiger partial charge in [-0.05, 0) is 63.0 Å². The van der Waals surface area contributed by atoms with E-state index in [0.717, 1.165) is 0 Å². The fourth-order valence-corrected chi connectivity index (χ4v) is 4.15. The molecule has 1 unspecified atom stereocenters. The third-order valence-electron chi connectivity index (χ3n) is 4.78. The van der Waals surface area contributed by atoms with Gasteiger partial charge in [-0.2, -0.15) is 4.98 Å². The second-order valence-electron chi connectivity index (χ2n) is 8.54. The van der Waals surface area contributed by atoms with E-state index in [4.69, 9.17) is 0 Å². The van der Waals surface area contributed by atoms with Gasteiger partial charge in [0.1, 0.15) is 11.6 Å². The molecular weight excluding hydrogens is 492 g/mol. The summed E-state index contributed by atoms with van der Waals surface area (Å²) < 4.78 is 15.5. The molecule has 37 heavy (non-hydrogen) atoms. The Kier molecular flexibility index (Phi) is 8.95. The highest BCUT2D eigenvalue weighted by Crippen LogP contribution is 2.21. The summed E-state index contributed by atoms with van der Waals surface area (Å²) in [6.45, 7) is 5.26. The summed E-state index contributed by atoms with van der Waals surface area (Å²) in [6.07, 6.45) is 1.53. The molecule has 3 rings (SSSR count). The van der Waals surface area contributed by atoms with Gasteiger partial charge in [0.05, 0.1) is 33.0 Å². The average molecular weight is 523 g/mol. The van der Waals surface area contributed by atoms with Gasteiger partial charge in [0.25, 0.3) is 0 Å². The Morgan fingerprint density at radius 2 is 1.89 bits per heavy atom. The molecular formula is C26H30N6O4S. The van der Waals surface area contributed by atoms with Gasteiger partial charge < -0.3 is 26.2 Å². The highest BCUT2D eigenvalue weighted by atomic mass is 32.2. The molecule has 0 aliphatic rings. The van der Waals surface area contributed by atoms with E-state index < -0.39 is 15.7 Å². The minimum Gasteiger partial charge on any atom is -0.508 e. The van der Waals surface area contributed by atoms with Crippen LogP contribution in [0.1, 0.15) is 31.9 Å². The van der Waals surface area contributed by atoms with Crippen molar-refractivity contribution in [2.75, 3.05) is 17.2 Å². The number of aromatic nitrogens is 2. The predicted molar refractivity (Wildman–Crippen MR) is 146 cm³/mol. The zero-order chi connectivity index (χ0) is 27.0. The van der Waals surface area contributed by atoms with Crippen LogP contribution in [0.4, 0.5) is 22.2 Å². The molecule has 3 aromatic rings. The van der Waals surface area contributed by atoms with Crippen molar-refractivity contribution in [2.24, 2.45) is 0 Å². The van der Waals surface area contributed by atoms with Crippen molar-refractivity contribution >= 4 is 39.1 Å². The number of carbonyl (C=O) groups excluding carboxylic acids is 1. The highest BCUT2D eigenvalue weighted by molar-refractivity contribution is 7.99. The molecule has 2 aromatic carbocycles. The first-order valence-electron chi connectivity index (χ1n) is 11.4. The van der Waals surface area contributed by atoms with E-state index in [9.17, 15) is 19.2 Å². The molecule has 6 N–H and O–H groups in total. The Hall–Kier alpha value is -4.27. The van der Waals surface area contributed by atoms with E-state index in [-0.39, 0.29) is 30.4 Å². The molecule has 1 heterocycles. The number of aliphatic hydroxyl groups is 1. The van der Waals surface area contributed by atoms with Gasteiger partial charge in [0.15, 0.2) is 0 Å². The number of hydrogen-bond acceptors (Lipinski definition) is 8. The third kappa shape index (κ3) is 8.13. The van der Waals surface area contributed by atoms with Gasteiger partial charge in [0.2, 0.25) is 5.95 Å². The van der Waals surface area contributed by atoms with Crippen molar-refractivity contribution < 1.29 is 19.2 Å². The summed E-state index contributed by atoms with van der Waals surface area (Å²) in [4.78, 5) is 21.2. The summed E-state index contributed by atoms with van der Waals surface area (Å²) in [5, 5.41) is 27.9. The van der Waals surface area contributed by atoms with Gasteiger partial charge >= 0.3 is 6.03 Å². The van der Waals surface area contributed by atoms with Crippen molar-refractivity contribution in [2.45, 2.75) is 37.8 Å². The minimum atomic E-state index is -3.11. The quantitative estimate of drug-likeness (QED) is 0.195. The van der Waals surface area contributed by atoms with E-state index >= 15 is 0 Å². The number of hydrogen-bond donors (Lipinski definition) is 6. The Morgan fingerprint density at radius 1 is 1.14 bits per heavy atom. The number of aromatic hydroxyl groups is 1. The number of nitrogens with one attached hydrogen (secondary N) is 4. The number of phenolic OH excluding ortho intramolecular Hbond substituents is 1. The van der Waals surface area contributed by atoms with Crippen LogP contribution < -0.4 is 20.7 Å². The van der Waals surface area contributed by atoms with Crippen molar-refractivity contribution in [1.29, 1.82) is 0 Å². The maximum Gasteiger partial charge on any atom is 0.326 e. The number of anilines is 3. The molecule has 0 saturated carbocycles. The summed E-state index contributed by atoms with van der Waals surface area (Å²) in [6, 6.07) is 12.2. The number of amides is 2. The Balaban J connectivity index is 1.86. The standard InChI is InChI=1S/C26H30N6O4S/c1-17(2)28-26(35)32-37(4,36)23-10-6-8-21(14-23)30-25-27-15-20(24(31-25)29-18(3)16-33)12-11-19-7-5-9-22(34)13-19/h5-10,13-15,17-18,33-34H,4,16H2,1-3H3,(H2,27,29,30,31)(H2,28,32,35,36)/t18-,37?/m1/s1. The Labute approximate surface area is 216 Å². The molecule has 0 aliphatic carbocycles. The van der Waals surface area contributed by atoms with Crippen molar-refractivity contribution in [1.82, 2.24) is 20.0 Å². The zero-order valence-corrected chi connectivity index (χ0v) is 21.6. The molecule has 194 valence electrons. The van der Waals surface area contributed by atoms with Crippen LogP contribution in [0.2, 0.25) is 0 Å². The topological polar surface area (TPSA) is 148 Å². The van der Waals surface area contributed by atoms with Crippen molar-refractivity contribution in [3.05, 3.63) is 65.9 Å². The van der Waals surface area contributed by atoms with Gasteiger partial charge in [-0.25, -0.2) is 14.0 Å². The van der Waals surface area contributed by atoms with E-state index in [0.29, 0.717) is 27.5 Å². The van der Waals surface area contributed by atoms with E-state index in [2.05, 4.69) is 48.4 Å². The molecule has 0 saturated heterocycles. The van der Waals surface area contributed by atoms with Gasteiger partial charge in [-0.3, -0.25) is 4.72 Å². The first-order valence-corrected chi connectivity index (χ1v) is 13.2. The van der Waals surface area contributed by atoms with E-state index in [1.165, 1.54) is 6.20 Å². The van der Waals surface area contributed by atoms with Crippen LogP contribution in [0.15, 0.2) is 59.6 Å². The molecule has 1 aromatic heterocycles. The Morgan fingerprint density at radius 3 is 2.59 bits per heavy atom. The van der Waals surface area contributed by atoms with Crippen LogP contribution in [0.3, 0.4) is 0 Å². The fourth-order valence-electron chi connectivity index (χ4n) is 3.05. The lowest BCUT2D eigenvalue weighted by molar-refractivity contribution is 0.244. The van der Waals surface area contributed by atoms with Crippen LogP contribution in [-0.2, 0) is 9.71 Å². The third-order valence-corrected chi connectivity index (χ3v) is 6.31. The molecule has 0 bridgehead atoms. The number of benzene rings is 2. The van der Waals surface area contributed by atoms with E-state index in [1.807, 2.05) is 0 Å². The molecule has 2 amide bonds. The zero-order valence-electron chi connectivity index (χ0n) is 20.8. The van der Waals surface area contributed by atoms with Crippen LogP contribution in [0.5, 0.6) is 5.75 Å². The van der Waals surface area contributed by atoms with E-state index in [1.54, 1.807) is 69.3 Å². The number of phenols is 1. The first kappa shape index (κ1) is 27.3. The normalized spacial score (nSPS) is 13.0. The van der Waals surface area contributed by atoms with Gasteiger partial charge in [-0.1, -0.05) is 24.0 Å². The number of urea groups is 1. The van der Waals surface area contributed by atoms with Crippen molar-refractivity contribution in [3.8, 4) is 17.6 Å². The van der Waals surface area contributed by atoms with Gasteiger partial charge in [-0.15, -0.1) is 0 Å². The largest absolute Gasteiger partial charge is 0.508 e. The highest BCUT2D eigenvalue weighted by Gasteiger charge is 2.14. The first-order chi connectivity index (χ1) is 17.6. The van der Waals surface area contributed by atoms with Crippen LogP contribution in [0.25, 0.3) is 0 Å². The summed E-state index contributed by atoms with van der Waals surface area (Å²) >= 11 is 0. The second-order valence-corrected chi connectivity index (χ2v) is 10.6. The monoisotopic (exact) mass is 522 g/mol. The lowest BCUT2D eigenvalue weighted by atomic mass is 10.2. The smallest absolute Gasteiger partial charge is 0.326 e.